The molecule has 0 aliphatic rings. The van der Waals surface area contributed by atoms with E-state index in [9.17, 15) is 0 Å². The quantitative estimate of drug-likeness (QED) is 0.716. The lowest BCUT2D eigenvalue weighted by molar-refractivity contribution is 0.397. The van der Waals surface area contributed by atoms with Gasteiger partial charge in [-0.05, 0) is 6.92 Å². The van der Waals surface area contributed by atoms with Gasteiger partial charge in [0.25, 0.3) is 0 Å². The Labute approximate surface area is 72.4 Å². The molecule has 1 aromatic heterocycles. The zero-order valence-corrected chi connectivity index (χ0v) is 8.25. The van der Waals surface area contributed by atoms with Crippen LogP contribution in [0.1, 0.15) is 9.88 Å². The lowest BCUT2D eigenvalue weighted by atomic mass is 10.6. The van der Waals surface area contributed by atoms with Crippen LogP contribution < -0.4 is 4.74 Å². The molecule has 0 saturated heterocycles. The summed E-state index contributed by atoms with van der Waals surface area (Å²) in [6.07, 6.45) is 0. The average Bonchev–Trinajstić information content (AvgIpc) is 2.30. The van der Waals surface area contributed by atoms with Crippen molar-refractivity contribution < 1.29 is 4.74 Å². The number of rotatable bonds is 2. The monoisotopic (exact) mass is 221 g/mol. The molecular weight excluding hydrogens is 214 g/mol. The number of alkyl halides is 1. The minimum Gasteiger partial charge on any atom is -0.480 e. The molecule has 1 rings (SSSR count). The maximum atomic E-state index is 5.01. The van der Waals surface area contributed by atoms with Crippen molar-refractivity contribution in [2.45, 2.75) is 12.3 Å². The molecule has 0 fully saturated rings. The van der Waals surface area contributed by atoms with Crippen molar-refractivity contribution in [2.24, 2.45) is 0 Å². The molecule has 1 aromatic rings. The molecule has 0 aliphatic heterocycles. The molecule has 0 aliphatic carbocycles. The van der Waals surface area contributed by atoms with Crippen LogP contribution in [0.15, 0.2) is 0 Å². The van der Waals surface area contributed by atoms with E-state index in [4.69, 9.17) is 4.74 Å². The molecule has 0 aromatic carbocycles. The summed E-state index contributed by atoms with van der Waals surface area (Å²) in [7, 11) is 1.64. The van der Waals surface area contributed by atoms with Gasteiger partial charge in [0.15, 0.2) is 0 Å². The zero-order chi connectivity index (χ0) is 7.56. The number of nitrogens with zero attached hydrogens (tertiary/aromatic N) is 1. The number of halogens is 1. The van der Waals surface area contributed by atoms with E-state index in [1.54, 1.807) is 18.4 Å². The molecule has 1 heterocycles. The minimum atomic E-state index is 0.749. The third kappa shape index (κ3) is 1.49. The second-order valence-corrected chi connectivity index (χ2v) is 3.66. The summed E-state index contributed by atoms with van der Waals surface area (Å²) in [5, 5.41) is 1.87. The molecule has 0 atom stereocenters. The number of aryl methyl sites for hydroxylation is 1. The van der Waals surface area contributed by atoms with Crippen LogP contribution in [0.25, 0.3) is 0 Å². The van der Waals surface area contributed by atoms with E-state index in [0.29, 0.717) is 0 Å². The maximum Gasteiger partial charge on any atom is 0.227 e. The van der Waals surface area contributed by atoms with Gasteiger partial charge in [0.1, 0.15) is 5.01 Å². The van der Waals surface area contributed by atoms with Crippen molar-refractivity contribution in [3.05, 3.63) is 9.88 Å². The highest BCUT2D eigenvalue weighted by Gasteiger charge is 2.04. The van der Waals surface area contributed by atoms with Gasteiger partial charge in [-0.2, -0.15) is 0 Å². The summed E-state index contributed by atoms with van der Waals surface area (Å²) < 4.78 is 5.01. The van der Waals surface area contributed by atoms with Gasteiger partial charge in [0.05, 0.1) is 17.3 Å². The summed E-state index contributed by atoms with van der Waals surface area (Å²) in [6.45, 7) is 2.00. The van der Waals surface area contributed by atoms with Gasteiger partial charge in [-0.3, -0.25) is 0 Å². The third-order valence-electron chi connectivity index (χ3n) is 1.11. The van der Waals surface area contributed by atoms with E-state index in [1.807, 2.05) is 6.92 Å². The SMILES string of the molecule is COc1nc(CBr)sc1C. The largest absolute Gasteiger partial charge is 0.480 e. The number of methoxy groups -OCH3 is 1. The van der Waals surface area contributed by atoms with Crippen LogP contribution in [0.4, 0.5) is 0 Å². The highest BCUT2D eigenvalue weighted by molar-refractivity contribution is 9.08. The highest BCUT2D eigenvalue weighted by atomic mass is 79.9. The normalized spacial score (nSPS) is 9.90. The van der Waals surface area contributed by atoms with Crippen LogP contribution in [0.2, 0.25) is 0 Å². The smallest absolute Gasteiger partial charge is 0.227 e. The number of aromatic nitrogens is 1. The minimum absolute atomic E-state index is 0.749. The van der Waals surface area contributed by atoms with Crippen LogP contribution in [-0.2, 0) is 5.33 Å². The van der Waals surface area contributed by atoms with E-state index < -0.39 is 0 Å². The standard InChI is InChI=1S/C6H8BrNOS/c1-4-6(9-2)8-5(3-7)10-4/h3H2,1-2H3. The number of hydrogen-bond acceptors (Lipinski definition) is 3. The molecule has 0 saturated carbocycles. The molecule has 2 nitrogen and oxygen atoms in total. The third-order valence-corrected chi connectivity index (χ3v) is 2.96. The van der Waals surface area contributed by atoms with Crippen molar-refractivity contribution in [3.63, 3.8) is 0 Å². The lowest BCUT2D eigenvalue weighted by Gasteiger charge is -1.90. The van der Waals surface area contributed by atoms with Crippen molar-refractivity contribution in [1.82, 2.24) is 4.98 Å². The fraction of sp³-hybridized carbons (Fsp3) is 0.500. The first kappa shape index (κ1) is 8.01. The Balaban J connectivity index is 2.92. The van der Waals surface area contributed by atoms with E-state index >= 15 is 0 Å². The van der Waals surface area contributed by atoms with Gasteiger partial charge in [0, 0.05) is 0 Å². The summed E-state index contributed by atoms with van der Waals surface area (Å²) in [5.74, 6) is 0.749. The first-order valence-corrected chi connectivity index (χ1v) is 4.78. The van der Waals surface area contributed by atoms with Crippen molar-refractivity contribution in [3.8, 4) is 5.88 Å². The maximum absolute atomic E-state index is 5.01. The van der Waals surface area contributed by atoms with Crippen molar-refractivity contribution in [2.75, 3.05) is 7.11 Å². The topological polar surface area (TPSA) is 22.1 Å². The Hall–Kier alpha value is -0.0900. The van der Waals surface area contributed by atoms with Gasteiger partial charge in [-0.1, -0.05) is 15.9 Å². The number of thiazole rings is 1. The van der Waals surface area contributed by atoms with Crippen LogP contribution in [0.5, 0.6) is 5.88 Å². The summed E-state index contributed by atoms with van der Waals surface area (Å²) in [4.78, 5) is 5.33. The first-order chi connectivity index (χ1) is 4.77. The molecule has 0 radical (unpaired) electrons. The second kappa shape index (κ2) is 3.34. The Kier molecular flexibility index (Phi) is 2.68. The lowest BCUT2D eigenvalue weighted by Crippen LogP contribution is -1.84. The molecule has 0 bridgehead atoms. The van der Waals surface area contributed by atoms with Gasteiger partial charge in [-0.15, -0.1) is 11.3 Å². The summed E-state index contributed by atoms with van der Waals surface area (Å²) in [5.41, 5.74) is 0. The molecule has 0 amide bonds. The fourth-order valence-electron chi connectivity index (χ4n) is 0.682. The van der Waals surface area contributed by atoms with Gasteiger partial charge >= 0.3 is 0 Å². The van der Waals surface area contributed by atoms with Crippen LogP contribution in [0, 0.1) is 6.92 Å². The van der Waals surface area contributed by atoms with Crippen LogP contribution in [-0.4, -0.2) is 12.1 Å². The van der Waals surface area contributed by atoms with E-state index in [-0.39, 0.29) is 0 Å². The van der Waals surface area contributed by atoms with Crippen molar-refractivity contribution in [1.29, 1.82) is 0 Å². The second-order valence-electron chi connectivity index (χ2n) is 1.81. The summed E-state index contributed by atoms with van der Waals surface area (Å²) >= 11 is 4.98. The number of hydrogen-bond donors (Lipinski definition) is 0. The van der Waals surface area contributed by atoms with Gasteiger partial charge in [-0.25, -0.2) is 4.98 Å². The molecular formula is C6H8BrNOS. The van der Waals surface area contributed by atoms with E-state index in [2.05, 4.69) is 20.9 Å². The van der Waals surface area contributed by atoms with Crippen LogP contribution in [0.3, 0.4) is 0 Å². The molecule has 4 heteroatoms. The Morgan fingerprint density at radius 3 is 2.70 bits per heavy atom. The fourth-order valence-corrected chi connectivity index (χ4v) is 1.90. The highest BCUT2D eigenvalue weighted by Crippen LogP contribution is 2.24. The zero-order valence-electron chi connectivity index (χ0n) is 5.85. The van der Waals surface area contributed by atoms with Gasteiger partial charge in [0.2, 0.25) is 5.88 Å². The molecule has 0 spiro atoms. The Morgan fingerprint density at radius 1 is 1.70 bits per heavy atom. The summed E-state index contributed by atoms with van der Waals surface area (Å²) in [6, 6.07) is 0. The van der Waals surface area contributed by atoms with E-state index in [1.165, 1.54) is 0 Å². The van der Waals surface area contributed by atoms with E-state index in [0.717, 1.165) is 21.1 Å². The van der Waals surface area contributed by atoms with Crippen molar-refractivity contribution >= 4 is 27.3 Å². The first-order valence-electron chi connectivity index (χ1n) is 2.84. The Bertz CT molecular complexity index is 224. The average molecular weight is 222 g/mol. The predicted molar refractivity (Wildman–Crippen MR) is 46.0 cm³/mol. The molecule has 0 unspecified atom stereocenters. The molecule has 56 valence electrons. The predicted octanol–water partition coefficient (Wildman–Crippen LogP) is 2.36. The molecule has 10 heavy (non-hydrogen) atoms. The molecule has 0 N–H and O–H groups in total. The number of ether oxygens (including phenoxy) is 1. The van der Waals surface area contributed by atoms with Gasteiger partial charge < -0.3 is 4.74 Å². The van der Waals surface area contributed by atoms with Crippen LogP contribution >= 0.6 is 27.3 Å². The Morgan fingerprint density at radius 2 is 2.40 bits per heavy atom.